The van der Waals surface area contributed by atoms with Crippen LogP contribution in [0.3, 0.4) is 0 Å². The molecular formula is C21H10Cl3F3N2O2. The molecule has 3 rings (SSSR count). The van der Waals surface area contributed by atoms with Crippen molar-refractivity contribution in [3.8, 4) is 17.4 Å². The third kappa shape index (κ3) is 5.42. The summed E-state index contributed by atoms with van der Waals surface area (Å²) in [6.45, 7) is 0. The van der Waals surface area contributed by atoms with E-state index in [1.54, 1.807) is 30.3 Å². The van der Waals surface area contributed by atoms with Gasteiger partial charge in [0, 0.05) is 16.7 Å². The Bertz CT molecular complexity index is 1230. The first kappa shape index (κ1) is 22.8. The number of amides is 1. The molecule has 0 saturated carbocycles. The lowest BCUT2D eigenvalue weighted by Crippen LogP contribution is -2.15. The first-order valence-corrected chi connectivity index (χ1v) is 9.57. The minimum atomic E-state index is -4.62. The fraction of sp³-hybridized carbons (Fsp3) is 0.0476. The van der Waals surface area contributed by atoms with Crippen LogP contribution in [0.15, 0.2) is 58.5 Å². The molecule has 10 heteroatoms. The van der Waals surface area contributed by atoms with Crippen LogP contribution in [0.1, 0.15) is 11.3 Å². The number of nitrogens with one attached hydrogen (secondary N) is 1. The Balaban J connectivity index is 1.86. The van der Waals surface area contributed by atoms with Crippen LogP contribution >= 0.6 is 34.8 Å². The zero-order valence-corrected chi connectivity index (χ0v) is 17.5. The second-order valence-electron chi connectivity index (χ2n) is 6.14. The van der Waals surface area contributed by atoms with Gasteiger partial charge in [-0.1, -0.05) is 34.8 Å². The summed E-state index contributed by atoms with van der Waals surface area (Å²) in [7, 11) is 0. The molecule has 0 fully saturated rings. The van der Waals surface area contributed by atoms with Crippen LogP contribution < -0.4 is 5.32 Å². The van der Waals surface area contributed by atoms with Gasteiger partial charge in [0.25, 0.3) is 5.91 Å². The van der Waals surface area contributed by atoms with Crippen molar-refractivity contribution in [2.45, 2.75) is 6.18 Å². The summed E-state index contributed by atoms with van der Waals surface area (Å²) in [5.74, 6) is -0.465. The van der Waals surface area contributed by atoms with Gasteiger partial charge in [-0.2, -0.15) is 18.4 Å². The molecule has 0 spiro atoms. The summed E-state index contributed by atoms with van der Waals surface area (Å²) in [5.41, 5.74) is -1.18. The number of carbonyl (C=O) groups is 1. The van der Waals surface area contributed by atoms with Crippen molar-refractivity contribution in [3.63, 3.8) is 0 Å². The fourth-order valence-corrected chi connectivity index (χ4v) is 3.09. The van der Waals surface area contributed by atoms with Crippen molar-refractivity contribution in [1.82, 2.24) is 0 Å². The summed E-state index contributed by atoms with van der Waals surface area (Å²) >= 11 is 18.0. The Labute approximate surface area is 189 Å². The molecule has 0 saturated heterocycles. The number of alkyl halides is 3. The van der Waals surface area contributed by atoms with E-state index in [4.69, 9.17) is 39.2 Å². The lowest BCUT2D eigenvalue weighted by Gasteiger charge is -2.11. The average molecular weight is 486 g/mol. The summed E-state index contributed by atoms with van der Waals surface area (Å²) in [6, 6.07) is 12.0. The summed E-state index contributed by atoms with van der Waals surface area (Å²) < 4.78 is 44.3. The molecule has 0 aliphatic heterocycles. The van der Waals surface area contributed by atoms with Crippen LogP contribution in [0.5, 0.6) is 0 Å². The zero-order chi connectivity index (χ0) is 22.8. The predicted octanol–water partition coefficient (Wildman–Crippen LogP) is 7.47. The van der Waals surface area contributed by atoms with Gasteiger partial charge in [0.1, 0.15) is 23.2 Å². The van der Waals surface area contributed by atoms with E-state index >= 15 is 0 Å². The molecule has 158 valence electrons. The van der Waals surface area contributed by atoms with Crippen molar-refractivity contribution in [1.29, 1.82) is 5.26 Å². The number of anilines is 1. The van der Waals surface area contributed by atoms with Crippen LogP contribution in [0.2, 0.25) is 15.1 Å². The van der Waals surface area contributed by atoms with Crippen LogP contribution in [-0.4, -0.2) is 5.91 Å². The molecule has 0 radical (unpaired) electrons. The highest BCUT2D eigenvalue weighted by molar-refractivity contribution is 6.35. The van der Waals surface area contributed by atoms with Gasteiger partial charge in [-0.25, -0.2) is 0 Å². The molecule has 1 aromatic heterocycles. The van der Waals surface area contributed by atoms with Gasteiger partial charge in [-0.05, 0) is 48.5 Å². The monoisotopic (exact) mass is 484 g/mol. The molecule has 3 aromatic rings. The first-order valence-electron chi connectivity index (χ1n) is 8.43. The predicted molar refractivity (Wildman–Crippen MR) is 113 cm³/mol. The summed E-state index contributed by atoms with van der Waals surface area (Å²) in [6.07, 6.45) is -3.48. The van der Waals surface area contributed by atoms with Crippen molar-refractivity contribution in [2.75, 3.05) is 5.32 Å². The maximum absolute atomic E-state index is 12.9. The number of hydrogen-bond acceptors (Lipinski definition) is 3. The highest BCUT2D eigenvalue weighted by Crippen LogP contribution is 2.34. The number of hydrogen-bond donors (Lipinski definition) is 1. The van der Waals surface area contributed by atoms with E-state index in [-0.39, 0.29) is 16.5 Å². The second-order valence-corrected chi connectivity index (χ2v) is 7.39. The van der Waals surface area contributed by atoms with Crippen molar-refractivity contribution in [3.05, 3.63) is 80.5 Å². The van der Waals surface area contributed by atoms with E-state index in [0.29, 0.717) is 27.4 Å². The van der Waals surface area contributed by atoms with Crippen molar-refractivity contribution >= 4 is 52.5 Å². The van der Waals surface area contributed by atoms with Crippen LogP contribution in [0, 0.1) is 11.3 Å². The quantitative estimate of drug-likeness (QED) is 0.308. The third-order valence-electron chi connectivity index (χ3n) is 4.01. The number of nitriles is 1. The molecule has 0 aliphatic carbocycles. The number of benzene rings is 2. The smallest absolute Gasteiger partial charge is 0.416 e. The molecule has 1 amide bonds. The van der Waals surface area contributed by atoms with Gasteiger partial charge in [0.15, 0.2) is 0 Å². The number of nitrogens with zero attached hydrogens (tertiary/aromatic N) is 1. The highest BCUT2D eigenvalue weighted by Gasteiger charge is 2.31. The number of carbonyl (C=O) groups excluding carboxylic acids is 1. The maximum atomic E-state index is 12.9. The number of rotatable bonds is 4. The van der Waals surface area contributed by atoms with Gasteiger partial charge >= 0.3 is 6.18 Å². The minimum absolute atomic E-state index is 0.116. The van der Waals surface area contributed by atoms with Crippen LogP contribution in [0.25, 0.3) is 17.4 Å². The molecule has 0 bridgehead atoms. The highest BCUT2D eigenvalue weighted by atomic mass is 35.5. The summed E-state index contributed by atoms with van der Waals surface area (Å²) in [5, 5.41) is 12.2. The topological polar surface area (TPSA) is 66.0 Å². The Morgan fingerprint density at radius 3 is 2.42 bits per heavy atom. The van der Waals surface area contributed by atoms with E-state index in [2.05, 4.69) is 5.32 Å². The molecule has 1 heterocycles. The molecule has 1 N–H and O–H groups in total. The molecule has 31 heavy (non-hydrogen) atoms. The Morgan fingerprint density at radius 2 is 1.74 bits per heavy atom. The third-order valence-corrected chi connectivity index (χ3v) is 4.91. The minimum Gasteiger partial charge on any atom is -0.457 e. The van der Waals surface area contributed by atoms with Gasteiger partial charge in [-0.15, -0.1) is 0 Å². The Hall–Kier alpha value is -2.92. The normalized spacial score (nSPS) is 11.8. The molecule has 0 atom stereocenters. The summed E-state index contributed by atoms with van der Waals surface area (Å²) in [4.78, 5) is 12.4. The Kier molecular flexibility index (Phi) is 6.65. The molecular weight excluding hydrogens is 476 g/mol. The van der Waals surface area contributed by atoms with Gasteiger partial charge in [-0.3, -0.25) is 4.79 Å². The van der Waals surface area contributed by atoms with E-state index < -0.39 is 23.2 Å². The molecule has 2 aromatic carbocycles. The first-order chi connectivity index (χ1) is 14.6. The standard InChI is InChI=1S/C21H10Cl3F3N2O2/c22-13-2-5-16(23)15(9-13)19-6-3-14(31-19)7-11(10-28)20(30)29-18-8-12(21(25,26)27)1-4-17(18)24/h1-9H,(H,29,30). The van der Waals surface area contributed by atoms with Gasteiger partial charge in [0.2, 0.25) is 0 Å². The van der Waals surface area contributed by atoms with Gasteiger partial charge in [0.05, 0.1) is 21.3 Å². The number of furan rings is 1. The Morgan fingerprint density at radius 1 is 1.03 bits per heavy atom. The molecule has 0 aliphatic rings. The van der Waals surface area contributed by atoms with Crippen LogP contribution in [-0.2, 0) is 11.0 Å². The lowest BCUT2D eigenvalue weighted by atomic mass is 10.1. The van der Waals surface area contributed by atoms with E-state index in [9.17, 15) is 23.2 Å². The van der Waals surface area contributed by atoms with Crippen molar-refractivity contribution in [2.24, 2.45) is 0 Å². The lowest BCUT2D eigenvalue weighted by molar-refractivity contribution is -0.137. The van der Waals surface area contributed by atoms with E-state index in [1.165, 1.54) is 6.07 Å². The second kappa shape index (κ2) is 9.06. The van der Waals surface area contributed by atoms with Crippen LogP contribution in [0.4, 0.5) is 18.9 Å². The average Bonchev–Trinajstić information content (AvgIpc) is 3.17. The fourth-order valence-electron chi connectivity index (χ4n) is 2.54. The molecule has 0 unspecified atom stereocenters. The van der Waals surface area contributed by atoms with E-state index in [1.807, 2.05) is 0 Å². The molecule has 4 nitrogen and oxygen atoms in total. The van der Waals surface area contributed by atoms with Gasteiger partial charge < -0.3 is 9.73 Å². The zero-order valence-electron chi connectivity index (χ0n) is 15.2. The largest absolute Gasteiger partial charge is 0.457 e. The van der Waals surface area contributed by atoms with Crippen molar-refractivity contribution < 1.29 is 22.4 Å². The SMILES string of the molecule is N#CC(=Cc1ccc(-c2cc(Cl)ccc2Cl)o1)C(=O)Nc1cc(C(F)(F)F)ccc1Cl. The maximum Gasteiger partial charge on any atom is 0.416 e. The van der Waals surface area contributed by atoms with E-state index in [0.717, 1.165) is 18.2 Å². The number of halogens is 6.